The second-order valence-corrected chi connectivity index (χ2v) is 3.82. The van der Waals surface area contributed by atoms with Crippen molar-refractivity contribution in [3.05, 3.63) is 29.8 Å². The third kappa shape index (κ3) is 1.97. The molecule has 0 saturated carbocycles. The number of nitrogens with zero attached hydrogens (tertiary/aromatic N) is 1. The number of rotatable bonds is 3. The van der Waals surface area contributed by atoms with Crippen LogP contribution in [-0.2, 0) is 16.1 Å². The van der Waals surface area contributed by atoms with Gasteiger partial charge in [0.1, 0.15) is 0 Å². The third-order valence-electron chi connectivity index (χ3n) is 2.60. The van der Waals surface area contributed by atoms with Crippen LogP contribution in [0.1, 0.15) is 18.4 Å². The zero-order valence-corrected chi connectivity index (χ0v) is 9.19. The van der Waals surface area contributed by atoms with E-state index in [0.29, 0.717) is 18.5 Å². The van der Waals surface area contributed by atoms with Gasteiger partial charge in [-0.2, -0.15) is 0 Å². The number of amides is 2. The molecule has 0 aliphatic carbocycles. The van der Waals surface area contributed by atoms with Crippen molar-refractivity contribution >= 4 is 17.5 Å². The van der Waals surface area contributed by atoms with Crippen LogP contribution in [0.15, 0.2) is 24.3 Å². The summed E-state index contributed by atoms with van der Waals surface area (Å²) in [4.78, 5) is 24.4. The number of imide groups is 1. The maximum Gasteiger partial charge on any atom is 0.234 e. The highest BCUT2D eigenvalue weighted by molar-refractivity contribution is 6.19. The summed E-state index contributed by atoms with van der Waals surface area (Å²) < 4.78 is 0. The zero-order valence-electron chi connectivity index (χ0n) is 9.19. The Balaban J connectivity index is 2.29. The molecule has 2 rings (SSSR count). The number of nitrogens with one attached hydrogen (secondary N) is 1. The van der Waals surface area contributed by atoms with Gasteiger partial charge in [0, 0.05) is 19.4 Å². The minimum absolute atomic E-state index is 0.105. The third-order valence-corrected chi connectivity index (χ3v) is 2.60. The summed E-state index contributed by atoms with van der Waals surface area (Å²) in [6.07, 6.45) is 0.657. The molecule has 0 bridgehead atoms. The number of carbonyl (C=O) groups is 2. The minimum Gasteiger partial charge on any atom is -0.316 e. The highest BCUT2D eigenvalue weighted by atomic mass is 16.2. The Morgan fingerprint density at radius 2 is 1.94 bits per heavy atom. The van der Waals surface area contributed by atoms with Crippen molar-refractivity contribution in [2.75, 3.05) is 11.9 Å². The standard InChI is InChI=1S/C12H14N2O2/c1-13-8-9-3-2-4-10(7-9)14-11(15)5-6-12(14)16/h2-4,7,13H,5-6,8H2,1H3. The van der Waals surface area contributed by atoms with E-state index in [1.165, 1.54) is 4.90 Å². The molecule has 1 saturated heterocycles. The normalized spacial score (nSPS) is 15.9. The summed E-state index contributed by atoms with van der Waals surface area (Å²) >= 11 is 0. The molecule has 16 heavy (non-hydrogen) atoms. The molecule has 1 aliphatic heterocycles. The molecule has 84 valence electrons. The van der Waals surface area contributed by atoms with Crippen LogP contribution in [0.4, 0.5) is 5.69 Å². The SMILES string of the molecule is CNCc1cccc(N2C(=O)CCC2=O)c1. The van der Waals surface area contributed by atoms with Gasteiger partial charge in [-0.25, -0.2) is 0 Å². The molecule has 1 aromatic rings. The van der Waals surface area contributed by atoms with Crippen LogP contribution >= 0.6 is 0 Å². The van der Waals surface area contributed by atoms with E-state index in [1.54, 1.807) is 6.07 Å². The Bertz CT molecular complexity index is 413. The highest BCUT2D eigenvalue weighted by Crippen LogP contribution is 2.23. The van der Waals surface area contributed by atoms with Crippen molar-refractivity contribution < 1.29 is 9.59 Å². The second-order valence-electron chi connectivity index (χ2n) is 3.82. The van der Waals surface area contributed by atoms with Crippen LogP contribution in [0, 0.1) is 0 Å². The molecular weight excluding hydrogens is 204 g/mol. The maximum atomic E-state index is 11.5. The predicted molar refractivity (Wildman–Crippen MR) is 60.9 cm³/mol. The Kier molecular flexibility index (Phi) is 3.01. The summed E-state index contributed by atoms with van der Waals surface area (Å²) in [7, 11) is 1.86. The first-order chi connectivity index (χ1) is 7.72. The first-order valence-electron chi connectivity index (χ1n) is 5.31. The summed E-state index contributed by atoms with van der Waals surface area (Å²) in [5, 5.41) is 3.04. The fraction of sp³-hybridized carbons (Fsp3) is 0.333. The van der Waals surface area contributed by atoms with Gasteiger partial charge >= 0.3 is 0 Å². The molecule has 0 atom stereocenters. The lowest BCUT2D eigenvalue weighted by molar-refractivity contribution is -0.121. The molecule has 0 spiro atoms. The Labute approximate surface area is 94.2 Å². The van der Waals surface area contributed by atoms with Crippen LogP contribution in [0.2, 0.25) is 0 Å². The van der Waals surface area contributed by atoms with E-state index in [2.05, 4.69) is 5.32 Å². The smallest absolute Gasteiger partial charge is 0.234 e. The lowest BCUT2D eigenvalue weighted by Gasteiger charge is -2.14. The summed E-state index contributed by atoms with van der Waals surface area (Å²) in [6, 6.07) is 7.49. The van der Waals surface area contributed by atoms with E-state index in [9.17, 15) is 9.59 Å². The Morgan fingerprint density at radius 3 is 2.56 bits per heavy atom. The van der Waals surface area contributed by atoms with Gasteiger partial charge < -0.3 is 5.32 Å². The topological polar surface area (TPSA) is 49.4 Å². The Hall–Kier alpha value is -1.68. The van der Waals surface area contributed by atoms with Gasteiger partial charge in [0.15, 0.2) is 0 Å². The lowest BCUT2D eigenvalue weighted by Crippen LogP contribution is -2.28. The van der Waals surface area contributed by atoms with Crippen LogP contribution < -0.4 is 10.2 Å². The number of hydrogen-bond donors (Lipinski definition) is 1. The first-order valence-corrected chi connectivity index (χ1v) is 5.31. The summed E-state index contributed by atoms with van der Waals surface area (Å²) in [6.45, 7) is 0.726. The molecule has 1 fully saturated rings. The number of anilines is 1. The van der Waals surface area contributed by atoms with Crippen LogP contribution in [0.3, 0.4) is 0 Å². The second kappa shape index (κ2) is 4.45. The maximum absolute atomic E-state index is 11.5. The van der Waals surface area contributed by atoms with Crippen LogP contribution in [0.5, 0.6) is 0 Å². The van der Waals surface area contributed by atoms with Gasteiger partial charge in [0.25, 0.3) is 0 Å². The highest BCUT2D eigenvalue weighted by Gasteiger charge is 2.30. The van der Waals surface area contributed by atoms with Gasteiger partial charge in [-0.3, -0.25) is 14.5 Å². The molecule has 4 nitrogen and oxygen atoms in total. The molecule has 1 N–H and O–H groups in total. The first kappa shape index (κ1) is 10.8. The molecule has 0 radical (unpaired) electrons. The fourth-order valence-electron chi connectivity index (χ4n) is 1.87. The van der Waals surface area contributed by atoms with E-state index >= 15 is 0 Å². The van der Waals surface area contributed by atoms with Crippen molar-refractivity contribution in [3.8, 4) is 0 Å². The van der Waals surface area contributed by atoms with Crippen molar-refractivity contribution in [2.45, 2.75) is 19.4 Å². The van der Waals surface area contributed by atoms with Gasteiger partial charge in [0.2, 0.25) is 11.8 Å². The van der Waals surface area contributed by atoms with E-state index < -0.39 is 0 Å². The van der Waals surface area contributed by atoms with Gasteiger partial charge in [-0.15, -0.1) is 0 Å². The molecule has 1 aliphatic rings. The van der Waals surface area contributed by atoms with Crippen LogP contribution in [-0.4, -0.2) is 18.9 Å². The van der Waals surface area contributed by atoms with Crippen molar-refractivity contribution in [1.29, 1.82) is 0 Å². The zero-order chi connectivity index (χ0) is 11.5. The summed E-state index contributed by atoms with van der Waals surface area (Å²) in [5.41, 5.74) is 1.74. The number of benzene rings is 1. The molecule has 4 heteroatoms. The van der Waals surface area contributed by atoms with Crippen molar-refractivity contribution in [2.24, 2.45) is 0 Å². The minimum atomic E-state index is -0.105. The Morgan fingerprint density at radius 1 is 1.25 bits per heavy atom. The molecule has 1 aromatic carbocycles. The average Bonchev–Trinajstić information content (AvgIpc) is 2.59. The molecule has 1 heterocycles. The van der Waals surface area contributed by atoms with Gasteiger partial charge in [-0.05, 0) is 24.7 Å². The molecule has 2 amide bonds. The molecule has 0 unspecified atom stereocenters. The molecule has 0 aromatic heterocycles. The van der Waals surface area contributed by atoms with E-state index in [-0.39, 0.29) is 11.8 Å². The van der Waals surface area contributed by atoms with E-state index in [4.69, 9.17) is 0 Å². The van der Waals surface area contributed by atoms with Gasteiger partial charge in [0.05, 0.1) is 5.69 Å². The fourth-order valence-corrected chi connectivity index (χ4v) is 1.87. The number of carbonyl (C=O) groups excluding carboxylic acids is 2. The van der Waals surface area contributed by atoms with Crippen molar-refractivity contribution in [3.63, 3.8) is 0 Å². The van der Waals surface area contributed by atoms with E-state index in [0.717, 1.165) is 12.1 Å². The average molecular weight is 218 g/mol. The monoisotopic (exact) mass is 218 g/mol. The molecular formula is C12H14N2O2. The number of hydrogen-bond acceptors (Lipinski definition) is 3. The lowest BCUT2D eigenvalue weighted by atomic mass is 10.2. The summed E-state index contributed by atoms with van der Waals surface area (Å²) in [5.74, 6) is -0.210. The van der Waals surface area contributed by atoms with E-state index in [1.807, 2.05) is 25.2 Å². The van der Waals surface area contributed by atoms with Gasteiger partial charge in [-0.1, -0.05) is 12.1 Å². The largest absolute Gasteiger partial charge is 0.316 e. The predicted octanol–water partition coefficient (Wildman–Crippen LogP) is 1.06. The quantitative estimate of drug-likeness (QED) is 0.772. The van der Waals surface area contributed by atoms with Crippen LogP contribution in [0.25, 0.3) is 0 Å². The van der Waals surface area contributed by atoms with Crippen molar-refractivity contribution in [1.82, 2.24) is 5.32 Å².